The minimum Gasteiger partial charge on any atom is -0.541 e. The maximum Gasteiger partial charge on any atom is 0.441 e. The van der Waals surface area contributed by atoms with Crippen LogP contribution >= 0.6 is 0 Å². The van der Waals surface area contributed by atoms with E-state index in [9.17, 15) is 32.6 Å². The number of pyridine rings is 1. The minimum absolute atomic E-state index is 0.222. The number of aliphatic carboxylic acids is 1. The van der Waals surface area contributed by atoms with Gasteiger partial charge in [-0.1, -0.05) is 18.2 Å². The number of hydrogen-bond acceptors (Lipinski definition) is 8. The van der Waals surface area contributed by atoms with E-state index < -0.39 is 58.8 Å². The van der Waals surface area contributed by atoms with E-state index in [1.54, 1.807) is 0 Å². The second-order valence-corrected chi connectivity index (χ2v) is 7.93. The number of tetrazole rings is 1. The average Bonchev–Trinajstić information content (AvgIpc) is 3.37. The molecule has 9 nitrogen and oxygen atoms in total. The van der Waals surface area contributed by atoms with Gasteiger partial charge in [0.2, 0.25) is 0 Å². The zero-order valence-electron chi connectivity index (χ0n) is 18.7. The molecule has 0 aliphatic rings. The number of nitrogens with zero attached hydrogens (tertiary/aromatic N) is 5. The number of carboxylic acid groups (broad SMARTS) is 1. The fourth-order valence-electron chi connectivity index (χ4n) is 3.53. The zero-order valence-corrected chi connectivity index (χ0v) is 18.7. The number of carboxylic acids is 1. The highest BCUT2D eigenvalue weighted by Gasteiger charge is 2.58. The standard InChI is InChI=1S/C23H15F6N5O4/c24-15-4-7-17(18(25)9-15)21(37,11-34-12-31-32-33-34)22(26,27)19-8-3-14(10-30-19)13-1-5-16(6-2-13)38-23(28,29)20(35)36/h1-10,12,37H,11H2,(H,35,36)/p-1. The fraction of sp³-hybridized carbons (Fsp3) is 0.174. The van der Waals surface area contributed by atoms with Crippen molar-refractivity contribution in [3.63, 3.8) is 0 Å². The van der Waals surface area contributed by atoms with Crippen molar-refractivity contribution >= 4 is 5.97 Å². The molecule has 2 aromatic heterocycles. The summed E-state index contributed by atoms with van der Waals surface area (Å²) < 4.78 is 90.7. The molecule has 0 bridgehead atoms. The van der Waals surface area contributed by atoms with Crippen LogP contribution in [0.15, 0.2) is 67.1 Å². The average molecular weight is 538 g/mol. The number of aromatic nitrogens is 5. The Balaban J connectivity index is 1.66. The lowest BCUT2D eigenvalue weighted by Crippen LogP contribution is -2.48. The Kier molecular flexibility index (Phi) is 6.80. The first kappa shape index (κ1) is 26.5. The SMILES string of the molecule is O=C([O-])C(F)(F)Oc1ccc(-c2ccc(C(F)(F)C(O)(Cn3cnnn3)c3ccc(F)cc3F)nc2)cc1. The lowest BCUT2D eigenvalue weighted by atomic mass is 9.84. The molecule has 2 aromatic carbocycles. The number of aliphatic hydroxyl groups is 1. The summed E-state index contributed by atoms with van der Waals surface area (Å²) in [4.78, 5) is 14.1. The summed E-state index contributed by atoms with van der Waals surface area (Å²) in [6, 6.07) is 8.21. The van der Waals surface area contributed by atoms with Crippen molar-refractivity contribution in [1.29, 1.82) is 0 Å². The van der Waals surface area contributed by atoms with Crippen LogP contribution in [0.1, 0.15) is 11.3 Å². The Hall–Kier alpha value is -4.53. The Morgan fingerprint density at radius 2 is 1.68 bits per heavy atom. The van der Waals surface area contributed by atoms with E-state index in [2.05, 4.69) is 25.2 Å². The van der Waals surface area contributed by atoms with E-state index in [0.717, 1.165) is 35.4 Å². The lowest BCUT2D eigenvalue weighted by Gasteiger charge is -2.35. The molecule has 2 heterocycles. The lowest BCUT2D eigenvalue weighted by molar-refractivity contribution is -0.350. The zero-order chi connectivity index (χ0) is 27.7. The summed E-state index contributed by atoms with van der Waals surface area (Å²) >= 11 is 0. The van der Waals surface area contributed by atoms with Gasteiger partial charge in [-0.3, -0.25) is 4.98 Å². The van der Waals surface area contributed by atoms with Crippen molar-refractivity contribution in [3.05, 3.63) is 90.0 Å². The van der Waals surface area contributed by atoms with E-state index in [4.69, 9.17) is 0 Å². The third kappa shape index (κ3) is 5.00. The summed E-state index contributed by atoms with van der Waals surface area (Å²) in [5.41, 5.74) is -4.73. The first-order valence-corrected chi connectivity index (χ1v) is 10.5. The van der Waals surface area contributed by atoms with Crippen LogP contribution in [0, 0.1) is 11.6 Å². The third-order valence-corrected chi connectivity index (χ3v) is 5.43. The molecule has 0 fully saturated rings. The summed E-state index contributed by atoms with van der Waals surface area (Å²) in [5, 5.41) is 31.6. The number of carbonyl (C=O) groups is 1. The van der Waals surface area contributed by atoms with Gasteiger partial charge >= 0.3 is 12.0 Å². The highest BCUT2D eigenvalue weighted by atomic mass is 19.3. The summed E-state index contributed by atoms with van der Waals surface area (Å²) in [6.45, 7) is -1.03. The monoisotopic (exact) mass is 538 g/mol. The molecule has 4 aromatic rings. The number of hydrogen-bond donors (Lipinski definition) is 1. The molecule has 0 saturated heterocycles. The van der Waals surface area contributed by atoms with Gasteiger partial charge in [-0.05, 0) is 46.3 Å². The smallest absolute Gasteiger partial charge is 0.441 e. The molecule has 1 N–H and O–H groups in total. The van der Waals surface area contributed by atoms with Crippen LogP contribution in [-0.4, -0.2) is 42.4 Å². The number of halogens is 6. The molecule has 0 aliphatic heterocycles. The molecule has 4 rings (SSSR count). The van der Waals surface area contributed by atoms with E-state index in [1.165, 1.54) is 18.2 Å². The molecule has 1 atom stereocenters. The van der Waals surface area contributed by atoms with Crippen molar-refractivity contribution < 1.29 is 46.1 Å². The normalized spacial score (nSPS) is 13.7. The van der Waals surface area contributed by atoms with Gasteiger partial charge in [-0.15, -0.1) is 5.10 Å². The van der Waals surface area contributed by atoms with Crippen LogP contribution in [0.3, 0.4) is 0 Å². The Labute approximate surface area is 208 Å². The summed E-state index contributed by atoms with van der Waals surface area (Å²) in [6.07, 6.45) is -2.68. The van der Waals surface area contributed by atoms with Crippen molar-refractivity contribution in [2.75, 3.05) is 0 Å². The largest absolute Gasteiger partial charge is 0.541 e. The number of ether oxygens (including phenoxy) is 1. The van der Waals surface area contributed by atoms with Crippen LogP contribution in [0.5, 0.6) is 5.75 Å². The molecule has 0 amide bonds. The van der Waals surface area contributed by atoms with Gasteiger partial charge < -0.3 is 19.7 Å². The molecule has 38 heavy (non-hydrogen) atoms. The first-order chi connectivity index (χ1) is 17.8. The molecule has 198 valence electrons. The Morgan fingerprint density at radius 3 is 2.24 bits per heavy atom. The highest BCUT2D eigenvalue weighted by Crippen LogP contribution is 2.46. The van der Waals surface area contributed by atoms with Crippen LogP contribution in [0.4, 0.5) is 26.3 Å². The summed E-state index contributed by atoms with van der Waals surface area (Å²) in [7, 11) is 0. The van der Waals surface area contributed by atoms with Gasteiger partial charge in [0.1, 0.15) is 29.4 Å². The number of benzene rings is 2. The van der Waals surface area contributed by atoms with Crippen LogP contribution < -0.4 is 9.84 Å². The van der Waals surface area contributed by atoms with Crippen molar-refractivity contribution in [3.8, 4) is 16.9 Å². The summed E-state index contributed by atoms with van der Waals surface area (Å²) in [5.74, 6) is -10.0. The van der Waals surface area contributed by atoms with Gasteiger partial charge in [0.05, 0.1) is 6.54 Å². The third-order valence-electron chi connectivity index (χ3n) is 5.43. The predicted molar refractivity (Wildman–Crippen MR) is 112 cm³/mol. The predicted octanol–water partition coefficient (Wildman–Crippen LogP) is 2.41. The van der Waals surface area contributed by atoms with Gasteiger partial charge in [0, 0.05) is 23.4 Å². The molecule has 0 saturated carbocycles. The quantitative estimate of drug-likeness (QED) is 0.322. The minimum atomic E-state index is -4.57. The molecule has 0 aliphatic carbocycles. The molecule has 0 spiro atoms. The second-order valence-electron chi connectivity index (χ2n) is 7.93. The van der Waals surface area contributed by atoms with Crippen LogP contribution in [0.25, 0.3) is 11.1 Å². The van der Waals surface area contributed by atoms with E-state index in [1.807, 2.05) is 0 Å². The molecule has 0 radical (unpaired) electrons. The molecule has 15 heteroatoms. The molecular formula is C23H14F6N5O4-. The maximum atomic E-state index is 15.8. The number of rotatable bonds is 9. The van der Waals surface area contributed by atoms with E-state index in [-0.39, 0.29) is 5.56 Å². The van der Waals surface area contributed by atoms with Gasteiger partial charge in [0.15, 0.2) is 11.6 Å². The van der Waals surface area contributed by atoms with Crippen LogP contribution in [-0.2, 0) is 22.9 Å². The van der Waals surface area contributed by atoms with Crippen LogP contribution in [0.2, 0.25) is 0 Å². The number of carbonyl (C=O) groups excluding carboxylic acids is 1. The second kappa shape index (κ2) is 9.74. The Morgan fingerprint density at radius 1 is 1.00 bits per heavy atom. The topological polar surface area (TPSA) is 126 Å². The van der Waals surface area contributed by atoms with Gasteiger partial charge in [0.25, 0.3) is 0 Å². The van der Waals surface area contributed by atoms with Gasteiger partial charge in [-0.25, -0.2) is 13.5 Å². The maximum absolute atomic E-state index is 15.8. The van der Waals surface area contributed by atoms with Crippen molar-refractivity contribution in [2.45, 2.75) is 24.2 Å². The number of alkyl halides is 4. The van der Waals surface area contributed by atoms with Crippen molar-refractivity contribution in [1.82, 2.24) is 25.2 Å². The first-order valence-electron chi connectivity index (χ1n) is 10.5. The molecular weight excluding hydrogens is 524 g/mol. The van der Waals surface area contributed by atoms with Crippen molar-refractivity contribution in [2.24, 2.45) is 0 Å². The Bertz CT molecular complexity index is 1440. The fourth-order valence-corrected chi connectivity index (χ4v) is 3.53. The van der Waals surface area contributed by atoms with E-state index >= 15 is 8.78 Å². The molecule has 1 unspecified atom stereocenters. The highest BCUT2D eigenvalue weighted by molar-refractivity contribution is 5.71. The van der Waals surface area contributed by atoms with Gasteiger partial charge in [-0.2, -0.15) is 17.6 Å². The van der Waals surface area contributed by atoms with E-state index in [0.29, 0.717) is 23.8 Å².